The van der Waals surface area contributed by atoms with Crippen LogP contribution in [0.4, 0.5) is 0 Å². The van der Waals surface area contributed by atoms with E-state index in [0.717, 1.165) is 17.6 Å². The third kappa shape index (κ3) is 2.88. The van der Waals surface area contributed by atoms with Crippen LogP contribution in [0.5, 0.6) is 0 Å². The number of carbonyl (C=O) groups excluding carboxylic acids is 1. The van der Waals surface area contributed by atoms with Crippen LogP contribution >= 0.6 is 0 Å². The van der Waals surface area contributed by atoms with Gasteiger partial charge in [-0.25, -0.2) is 4.99 Å². The summed E-state index contributed by atoms with van der Waals surface area (Å²) in [7, 11) is 0. The summed E-state index contributed by atoms with van der Waals surface area (Å²) >= 11 is 0. The topological polar surface area (TPSA) is 63.4 Å². The highest BCUT2D eigenvalue weighted by molar-refractivity contribution is 6.21. The van der Waals surface area contributed by atoms with Gasteiger partial charge in [-0.05, 0) is 24.5 Å². The van der Waals surface area contributed by atoms with Crippen LogP contribution in [0.3, 0.4) is 0 Å². The Hall–Kier alpha value is -2.56. The van der Waals surface area contributed by atoms with Crippen LogP contribution < -0.4 is 0 Å². The minimum Gasteiger partial charge on any atom is -0.473 e. The van der Waals surface area contributed by atoms with E-state index in [2.05, 4.69) is 15.0 Å². The van der Waals surface area contributed by atoms with Gasteiger partial charge in [-0.1, -0.05) is 37.3 Å². The third-order valence-electron chi connectivity index (χ3n) is 3.60. The quantitative estimate of drug-likeness (QED) is 0.860. The van der Waals surface area contributed by atoms with Gasteiger partial charge in [0.25, 0.3) is 5.91 Å². The first kappa shape index (κ1) is 14.4. The molecule has 22 heavy (non-hydrogen) atoms. The first-order valence-electron chi connectivity index (χ1n) is 7.31. The molecule has 5 heteroatoms. The molecular formula is C17H17N3O2. The van der Waals surface area contributed by atoms with E-state index in [-0.39, 0.29) is 5.91 Å². The van der Waals surface area contributed by atoms with Crippen molar-refractivity contribution in [2.24, 2.45) is 20.9 Å². The molecule has 2 aliphatic heterocycles. The number of hydrogen-bond acceptors (Lipinski definition) is 4. The molecule has 2 aliphatic rings. The van der Waals surface area contributed by atoms with Crippen molar-refractivity contribution in [3.63, 3.8) is 0 Å². The van der Waals surface area contributed by atoms with E-state index in [4.69, 9.17) is 4.74 Å². The van der Waals surface area contributed by atoms with Crippen molar-refractivity contribution in [1.82, 2.24) is 0 Å². The minimum atomic E-state index is -0.447. The van der Waals surface area contributed by atoms with Crippen LogP contribution in [0.1, 0.15) is 25.8 Å². The molecule has 0 bridgehead atoms. The summed E-state index contributed by atoms with van der Waals surface area (Å²) in [5.41, 5.74) is 2.01. The van der Waals surface area contributed by atoms with Gasteiger partial charge < -0.3 is 4.74 Å². The zero-order chi connectivity index (χ0) is 15.5. The number of rotatable bonds is 3. The normalized spacial score (nSPS) is 20.5. The number of fused-ring (bicyclic) bond motifs is 1. The van der Waals surface area contributed by atoms with Crippen molar-refractivity contribution in [2.75, 3.05) is 0 Å². The third-order valence-corrected chi connectivity index (χ3v) is 3.60. The first-order valence-corrected chi connectivity index (χ1v) is 7.31. The molecule has 0 radical (unpaired) electrons. The summed E-state index contributed by atoms with van der Waals surface area (Å²) in [4.78, 5) is 24.7. The summed E-state index contributed by atoms with van der Waals surface area (Å²) in [6.45, 7) is 4.14. The molecule has 3 rings (SSSR count). The highest BCUT2D eigenvalue weighted by Crippen LogP contribution is 2.26. The largest absolute Gasteiger partial charge is 0.473 e. The summed E-state index contributed by atoms with van der Waals surface area (Å²) in [5.74, 6) is 0.789. The molecule has 5 nitrogen and oxygen atoms in total. The molecule has 1 amide bonds. The highest BCUT2D eigenvalue weighted by atomic mass is 16.5. The number of aliphatic imine (C=N–C) groups is 3. The van der Waals surface area contributed by atoms with Gasteiger partial charge in [0, 0.05) is 6.08 Å². The number of nitrogens with zero attached hydrogens (tertiary/aromatic N) is 3. The molecule has 2 heterocycles. The summed E-state index contributed by atoms with van der Waals surface area (Å²) in [5, 5.41) is 0. The van der Waals surface area contributed by atoms with Gasteiger partial charge >= 0.3 is 0 Å². The van der Waals surface area contributed by atoms with Gasteiger partial charge in [0.15, 0.2) is 5.84 Å². The average molecular weight is 295 g/mol. The Kier molecular flexibility index (Phi) is 3.96. The Morgan fingerprint density at radius 3 is 2.64 bits per heavy atom. The summed E-state index contributed by atoms with van der Waals surface area (Å²) in [6, 6.07) is 9.89. The molecule has 0 aromatic heterocycles. The number of ether oxygens (including phenoxy) is 1. The van der Waals surface area contributed by atoms with Crippen LogP contribution in [0.2, 0.25) is 0 Å². The van der Waals surface area contributed by atoms with Crippen molar-refractivity contribution in [3.8, 4) is 0 Å². The molecule has 112 valence electrons. The molecule has 0 aliphatic carbocycles. The predicted octanol–water partition coefficient (Wildman–Crippen LogP) is 2.93. The van der Waals surface area contributed by atoms with Crippen LogP contribution in [0.25, 0.3) is 0 Å². The summed E-state index contributed by atoms with van der Waals surface area (Å²) < 4.78 is 5.76. The number of dihydropyridines is 1. The molecule has 1 atom stereocenters. The van der Waals surface area contributed by atoms with E-state index in [1.165, 1.54) is 0 Å². The fourth-order valence-corrected chi connectivity index (χ4v) is 2.50. The van der Waals surface area contributed by atoms with Crippen LogP contribution in [-0.4, -0.2) is 23.5 Å². The molecule has 0 saturated heterocycles. The van der Waals surface area contributed by atoms with Crippen molar-refractivity contribution in [2.45, 2.75) is 26.9 Å². The van der Waals surface area contributed by atoms with E-state index < -0.39 is 5.92 Å². The lowest BCUT2D eigenvalue weighted by atomic mass is 9.92. The molecule has 0 spiro atoms. The standard InChI is InChI=1S/C17H17N3O2/c1-3-13-9-14(22-10-12-7-5-4-6-8-12)20-16-15(13)17(21)19-11(2)18-16/h4-9,15H,3,10H2,1-2H3. The van der Waals surface area contributed by atoms with Crippen LogP contribution in [0.15, 0.2) is 57.0 Å². The average Bonchev–Trinajstić information content (AvgIpc) is 2.52. The Labute approximate surface area is 129 Å². The van der Waals surface area contributed by atoms with E-state index in [0.29, 0.717) is 24.2 Å². The molecule has 1 unspecified atom stereocenters. The lowest BCUT2D eigenvalue weighted by molar-refractivity contribution is -0.119. The van der Waals surface area contributed by atoms with Gasteiger partial charge in [0.05, 0.1) is 0 Å². The number of benzene rings is 1. The Balaban J connectivity index is 1.83. The Morgan fingerprint density at radius 2 is 1.91 bits per heavy atom. The van der Waals surface area contributed by atoms with Crippen molar-refractivity contribution in [1.29, 1.82) is 0 Å². The second-order valence-electron chi connectivity index (χ2n) is 5.20. The maximum atomic E-state index is 12.1. The number of amides is 1. The molecular weight excluding hydrogens is 278 g/mol. The Morgan fingerprint density at radius 1 is 1.14 bits per heavy atom. The lowest BCUT2D eigenvalue weighted by Gasteiger charge is -2.23. The Bertz CT molecular complexity index is 715. The minimum absolute atomic E-state index is 0.193. The second kappa shape index (κ2) is 6.05. The van der Waals surface area contributed by atoms with Crippen molar-refractivity contribution >= 4 is 23.5 Å². The zero-order valence-corrected chi connectivity index (χ0v) is 12.6. The van der Waals surface area contributed by atoms with Gasteiger partial charge in [-0.2, -0.15) is 9.98 Å². The van der Waals surface area contributed by atoms with Gasteiger partial charge in [0.2, 0.25) is 5.90 Å². The predicted molar refractivity (Wildman–Crippen MR) is 86.1 cm³/mol. The van der Waals surface area contributed by atoms with Gasteiger partial charge in [-0.15, -0.1) is 0 Å². The number of hydrogen-bond donors (Lipinski definition) is 0. The van der Waals surface area contributed by atoms with Gasteiger partial charge in [-0.3, -0.25) is 4.79 Å². The van der Waals surface area contributed by atoms with E-state index in [9.17, 15) is 4.79 Å². The van der Waals surface area contributed by atoms with Crippen LogP contribution in [-0.2, 0) is 16.1 Å². The monoisotopic (exact) mass is 295 g/mol. The summed E-state index contributed by atoms with van der Waals surface area (Å²) in [6.07, 6.45) is 2.57. The first-order chi connectivity index (χ1) is 10.7. The molecule has 0 fully saturated rings. The lowest BCUT2D eigenvalue weighted by Crippen LogP contribution is -2.32. The zero-order valence-electron chi connectivity index (χ0n) is 12.6. The second-order valence-corrected chi connectivity index (χ2v) is 5.20. The smallest absolute Gasteiger partial charge is 0.262 e. The van der Waals surface area contributed by atoms with E-state index >= 15 is 0 Å². The SMILES string of the molecule is CCC1=CC(OCc2ccccc2)=NC2=NC(C)=NC(=O)C12. The van der Waals surface area contributed by atoms with Crippen LogP contribution in [0, 0.1) is 5.92 Å². The maximum absolute atomic E-state index is 12.1. The van der Waals surface area contributed by atoms with Crippen molar-refractivity contribution in [3.05, 3.63) is 47.5 Å². The number of amidine groups is 2. The fraction of sp³-hybridized carbons (Fsp3) is 0.294. The van der Waals surface area contributed by atoms with Gasteiger partial charge in [0.1, 0.15) is 18.4 Å². The van der Waals surface area contributed by atoms with E-state index in [1.807, 2.05) is 43.3 Å². The molecule has 1 aromatic carbocycles. The van der Waals surface area contributed by atoms with E-state index in [1.54, 1.807) is 6.92 Å². The molecule has 0 N–H and O–H groups in total. The maximum Gasteiger partial charge on any atom is 0.262 e. The number of carbonyl (C=O) groups is 1. The fourth-order valence-electron chi connectivity index (χ4n) is 2.50. The highest BCUT2D eigenvalue weighted by Gasteiger charge is 2.33. The molecule has 1 aromatic rings. The molecule has 0 saturated carbocycles. The van der Waals surface area contributed by atoms with Crippen molar-refractivity contribution < 1.29 is 9.53 Å².